The van der Waals surface area contributed by atoms with Crippen molar-refractivity contribution < 1.29 is 23.9 Å². The second-order valence-corrected chi connectivity index (χ2v) is 10.6. The van der Waals surface area contributed by atoms with Gasteiger partial charge in [-0.1, -0.05) is 78.9 Å². The quantitative estimate of drug-likeness (QED) is 0.208. The number of nitriles is 1. The summed E-state index contributed by atoms with van der Waals surface area (Å²) in [4.78, 5) is 39.4. The lowest BCUT2D eigenvalue weighted by Crippen LogP contribution is -2.55. The first-order valence-corrected chi connectivity index (χ1v) is 14.8. The lowest BCUT2D eigenvalue weighted by atomic mass is 9.89. The Kier molecular flexibility index (Phi) is 12.0. The third-order valence-electron chi connectivity index (χ3n) is 7.07. The Hall–Kier alpha value is -5.01. The molecule has 3 aromatic carbocycles. The highest BCUT2D eigenvalue weighted by Crippen LogP contribution is 2.21. The maximum absolute atomic E-state index is 13.8. The summed E-state index contributed by atoms with van der Waals surface area (Å²) in [5, 5.41) is 18.3. The van der Waals surface area contributed by atoms with Crippen LogP contribution in [-0.4, -0.2) is 47.7 Å². The van der Waals surface area contributed by atoms with Crippen LogP contribution in [0.5, 0.6) is 5.75 Å². The first-order valence-electron chi connectivity index (χ1n) is 14.4. The van der Waals surface area contributed by atoms with Crippen LogP contribution in [0.1, 0.15) is 30.4 Å². The minimum atomic E-state index is -1.27. The molecule has 1 fully saturated rings. The first-order chi connectivity index (χ1) is 21.4. The van der Waals surface area contributed by atoms with Gasteiger partial charge in [-0.05, 0) is 48.6 Å². The molecule has 0 aromatic heterocycles. The van der Waals surface area contributed by atoms with Crippen LogP contribution in [-0.2, 0) is 25.5 Å². The van der Waals surface area contributed by atoms with Crippen molar-refractivity contribution in [1.29, 1.82) is 5.26 Å². The number of hydrogen-bond donors (Lipinski definition) is 3. The normalized spacial score (nSPS) is 16.4. The van der Waals surface area contributed by atoms with Gasteiger partial charge in [0.25, 0.3) is 0 Å². The maximum atomic E-state index is 13.8. The molecular weight excluding hydrogens is 576 g/mol. The Morgan fingerprint density at radius 3 is 2.32 bits per heavy atom. The number of thiocarbonyl (C=S) groups is 1. The Labute approximate surface area is 262 Å². The molecule has 1 aliphatic rings. The molecule has 1 saturated heterocycles. The topological polar surface area (TPSA) is 130 Å². The van der Waals surface area contributed by atoms with Gasteiger partial charge in [-0.25, -0.2) is 0 Å². The summed E-state index contributed by atoms with van der Waals surface area (Å²) in [6, 6.07) is 27.4. The van der Waals surface area contributed by atoms with Crippen LogP contribution in [0.25, 0.3) is 6.08 Å². The fraction of sp³-hybridized carbons (Fsp3) is 0.265. The Morgan fingerprint density at radius 2 is 1.66 bits per heavy atom. The largest absolute Gasteiger partial charge is 0.436 e. The van der Waals surface area contributed by atoms with Gasteiger partial charge < -0.3 is 25.4 Å². The summed E-state index contributed by atoms with van der Waals surface area (Å²) in [6.07, 6.45) is 3.44. The lowest BCUT2D eigenvalue weighted by molar-refractivity contribution is -0.130. The monoisotopic (exact) mass is 610 g/mol. The number of rotatable bonds is 12. The van der Waals surface area contributed by atoms with E-state index in [4.69, 9.17) is 21.7 Å². The Balaban J connectivity index is 1.53. The van der Waals surface area contributed by atoms with Crippen molar-refractivity contribution in [3.05, 3.63) is 108 Å². The molecule has 3 amide bonds. The molecule has 4 atom stereocenters. The fourth-order valence-corrected chi connectivity index (χ4v) is 5.03. The zero-order valence-electron chi connectivity index (χ0n) is 24.1. The van der Waals surface area contributed by atoms with E-state index in [2.05, 4.69) is 22.0 Å². The van der Waals surface area contributed by atoms with Gasteiger partial charge in [0.1, 0.15) is 17.9 Å². The predicted molar refractivity (Wildman–Crippen MR) is 170 cm³/mol. The smallest absolute Gasteiger partial charge is 0.359 e. The first kappa shape index (κ1) is 31.9. The zero-order chi connectivity index (χ0) is 31.1. The SMILES string of the molecule is N#CC(OC(=S)Oc1ccccc1)[C@H](C[C@@H]1CCCNC1=O)NC(=O)[C@H](Cc1ccccc1)NC(=O)/C=C/c1ccccc1. The van der Waals surface area contributed by atoms with Crippen molar-refractivity contribution in [2.75, 3.05) is 6.54 Å². The summed E-state index contributed by atoms with van der Waals surface area (Å²) in [5.74, 6) is -1.17. The summed E-state index contributed by atoms with van der Waals surface area (Å²) in [5.41, 5.74) is 1.66. The molecule has 1 heterocycles. The number of carbonyl (C=O) groups excluding carboxylic acids is 3. The van der Waals surface area contributed by atoms with E-state index in [1.807, 2.05) is 66.7 Å². The Bertz CT molecular complexity index is 1480. The van der Waals surface area contributed by atoms with Crippen LogP contribution in [0.15, 0.2) is 97.1 Å². The number of benzene rings is 3. The van der Waals surface area contributed by atoms with Crippen LogP contribution in [0.3, 0.4) is 0 Å². The summed E-state index contributed by atoms with van der Waals surface area (Å²) in [7, 11) is 0. The average Bonchev–Trinajstić information content (AvgIpc) is 3.04. The van der Waals surface area contributed by atoms with Crippen LogP contribution in [0.2, 0.25) is 0 Å². The predicted octanol–water partition coefficient (Wildman–Crippen LogP) is 4.10. The number of para-hydroxylation sites is 1. The van der Waals surface area contributed by atoms with Gasteiger partial charge in [-0.2, -0.15) is 5.26 Å². The van der Waals surface area contributed by atoms with Gasteiger partial charge >= 0.3 is 5.24 Å². The molecule has 10 heteroatoms. The van der Waals surface area contributed by atoms with Crippen molar-refractivity contribution >= 4 is 41.3 Å². The van der Waals surface area contributed by atoms with E-state index >= 15 is 0 Å². The summed E-state index contributed by atoms with van der Waals surface area (Å²) in [6.45, 7) is 0.571. The van der Waals surface area contributed by atoms with E-state index in [0.29, 0.717) is 18.7 Å². The van der Waals surface area contributed by atoms with E-state index in [1.165, 1.54) is 6.08 Å². The van der Waals surface area contributed by atoms with Crippen molar-refractivity contribution in [3.63, 3.8) is 0 Å². The van der Waals surface area contributed by atoms with Gasteiger partial charge in [-0.15, -0.1) is 0 Å². The second-order valence-electron chi connectivity index (χ2n) is 10.3. The summed E-state index contributed by atoms with van der Waals surface area (Å²) < 4.78 is 11.3. The highest BCUT2D eigenvalue weighted by Gasteiger charge is 2.34. The molecule has 1 unspecified atom stereocenters. The van der Waals surface area contributed by atoms with Crippen molar-refractivity contribution in [2.24, 2.45) is 5.92 Å². The van der Waals surface area contributed by atoms with Crippen LogP contribution < -0.4 is 20.7 Å². The molecule has 44 heavy (non-hydrogen) atoms. The van der Waals surface area contributed by atoms with E-state index < -0.39 is 35.9 Å². The third-order valence-corrected chi connectivity index (χ3v) is 7.25. The standard InChI is InChI=1S/C34H34N4O5S/c35-23-30(43-34(44)42-27-16-8-3-9-17-27)28(22-26-15-10-20-36-32(26)40)38-33(41)29(21-25-13-6-2-7-14-25)37-31(39)19-18-24-11-4-1-5-12-24/h1-9,11-14,16-19,26,28-30H,10,15,20-22H2,(H,36,40)(H,37,39)(H,38,41)/b19-18+/t26-,28-,29-,30?/m0/s1. The molecule has 0 radical (unpaired) electrons. The molecule has 0 saturated carbocycles. The lowest BCUT2D eigenvalue weighted by Gasteiger charge is -2.30. The fourth-order valence-electron chi connectivity index (χ4n) is 4.83. The van der Waals surface area contributed by atoms with Gasteiger partial charge in [0.05, 0.1) is 6.04 Å². The van der Waals surface area contributed by atoms with Crippen molar-refractivity contribution in [3.8, 4) is 11.8 Å². The average molecular weight is 611 g/mol. The molecule has 4 rings (SSSR count). The van der Waals surface area contributed by atoms with Gasteiger partial charge in [0, 0.05) is 37.2 Å². The number of piperidine rings is 1. The number of amides is 3. The van der Waals surface area contributed by atoms with E-state index in [0.717, 1.165) is 17.5 Å². The molecule has 0 spiro atoms. The van der Waals surface area contributed by atoms with Crippen LogP contribution >= 0.6 is 12.2 Å². The van der Waals surface area contributed by atoms with Crippen LogP contribution in [0, 0.1) is 17.2 Å². The molecule has 1 aliphatic heterocycles. The van der Waals surface area contributed by atoms with E-state index in [9.17, 15) is 19.6 Å². The number of nitrogens with one attached hydrogen (secondary N) is 3. The van der Waals surface area contributed by atoms with Gasteiger partial charge in [0.15, 0.2) is 0 Å². The van der Waals surface area contributed by atoms with E-state index in [-0.39, 0.29) is 24.0 Å². The number of carbonyl (C=O) groups is 3. The third kappa shape index (κ3) is 10.1. The van der Waals surface area contributed by atoms with Crippen molar-refractivity contribution in [1.82, 2.24) is 16.0 Å². The zero-order valence-corrected chi connectivity index (χ0v) is 24.9. The highest BCUT2D eigenvalue weighted by molar-refractivity contribution is 7.79. The van der Waals surface area contributed by atoms with Crippen molar-refractivity contribution in [2.45, 2.75) is 43.9 Å². The molecule has 0 aliphatic carbocycles. The molecule has 3 aromatic rings. The number of ether oxygens (including phenoxy) is 2. The molecule has 3 N–H and O–H groups in total. The highest BCUT2D eigenvalue weighted by atomic mass is 32.1. The molecule has 0 bridgehead atoms. The van der Waals surface area contributed by atoms with E-state index in [1.54, 1.807) is 30.3 Å². The maximum Gasteiger partial charge on any atom is 0.359 e. The van der Waals surface area contributed by atoms with Crippen LogP contribution in [0.4, 0.5) is 0 Å². The summed E-state index contributed by atoms with van der Waals surface area (Å²) >= 11 is 5.25. The Morgan fingerprint density at radius 1 is 1.00 bits per heavy atom. The number of nitrogens with zero attached hydrogens (tertiary/aromatic N) is 1. The van der Waals surface area contributed by atoms with Gasteiger partial charge in [-0.3, -0.25) is 14.4 Å². The molecule has 9 nitrogen and oxygen atoms in total. The minimum Gasteiger partial charge on any atom is -0.436 e. The number of hydrogen-bond acceptors (Lipinski definition) is 7. The molecular formula is C34H34N4O5S. The second kappa shape index (κ2) is 16.6. The minimum absolute atomic E-state index is 0.129. The molecule has 226 valence electrons. The van der Waals surface area contributed by atoms with Gasteiger partial charge in [0.2, 0.25) is 23.8 Å².